The zero-order chi connectivity index (χ0) is 6.69. The van der Waals surface area contributed by atoms with Crippen molar-refractivity contribution in [3.05, 3.63) is 22.4 Å². The summed E-state index contributed by atoms with van der Waals surface area (Å²) >= 11 is 1.73. The van der Waals surface area contributed by atoms with Crippen LogP contribution in [0.15, 0.2) is 12.1 Å². The Labute approximate surface area is 60.5 Å². The molecule has 0 saturated carbocycles. The zero-order valence-electron chi connectivity index (χ0n) is 5.85. The van der Waals surface area contributed by atoms with Crippen molar-refractivity contribution in [2.45, 2.75) is 26.2 Å². The van der Waals surface area contributed by atoms with E-state index in [4.69, 9.17) is 0 Å². The molecular weight excluding hydrogens is 128 g/mol. The maximum Gasteiger partial charge on any atom is 0.0445 e. The highest BCUT2D eigenvalue weighted by atomic mass is 32.1. The van der Waals surface area contributed by atoms with Crippen LogP contribution in [0.5, 0.6) is 0 Å². The monoisotopic (exact) mass is 139 g/mol. The molecule has 1 atom stereocenters. The smallest absolute Gasteiger partial charge is 0.0445 e. The van der Waals surface area contributed by atoms with Gasteiger partial charge in [-0.25, -0.2) is 0 Å². The number of hydrogen-bond acceptors (Lipinski definition) is 1. The summed E-state index contributed by atoms with van der Waals surface area (Å²) in [6.07, 6.45) is 1.23. The minimum atomic E-state index is 0.723. The maximum absolute atomic E-state index is 3.09. The van der Waals surface area contributed by atoms with Crippen molar-refractivity contribution in [2.24, 2.45) is 0 Å². The Kier molecular flexibility index (Phi) is 2.29. The molecule has 0 saturated heterocycles. The highest BCUT2D eigenvalue weighted by Crippen LogP contribution is 2.22. The maximum atomic E-state index is 3.09. The molecule has 9 heavy (non-hydrogen) atoms. The summed E-state index contributed by atoms with van der Waals surface area (Å²) in [4.78, 5) is 1.46. The molecule has 49 valence electrons. The fraction of sp³-hybridized carbons (Fsp3) is 0.500. The Balaban J connectivity index is 2.65. The third kappa shape index (κ3) is 1.55. The van der Waals surface area contributed by atoms with Crippen LogP contribution in [-0.4, -0.2) is 0 Å². The lowest BCUT2D eigenvalue weighted by Crippen LogP contribution is -1.84. The van der Waals surface area contributed by atoms with Gasteiger partial charge in [-0.1, -0.05) is 13.8 Å². The average molecular weight is 139 g/mol. The average Bonchev–Trinajstić information content (AvgIpc) is 2.37. The molecular formula is C8H11S. The summed E-state index contributed by atoms with van der Waals surface area (Å²) in [5.74, 6) is 0.723. The Hall–Kier alpha value is -0.300. The Bertz CT molecular complexity index is 153. The van der Waals surface area contributed by atoms with Gasteiger partial charge in [0.25, 0.3) is 0 Å². The van der Waals surface area contributed by atoms with Crippen LogP contribution in [0.3, 0.4) is 0 Å². The second-order valence-corrected chi connectivity index (χ2v) is 3.18. The standard InChI is InChI=1S/C8H11S/c1-3-7(2)8-5-4-6-9-8/h4-5,7H,3H2,1-2H3. The molecule has 0 aliphatic heterocycles. The van der Waals surface area contributed by atoms with E-state index in [-0.39, 0.29) is 0 Å². The van der Waals surface area contributed by atoms with Crippen molar-refractivity contribution in [1.29, 1.82) is 0 Å². The zero-order valence-corrected chi connectivity index (χ0v) is 6.66. The summed E-state index contributed by atoms with van der Waals surface area (Å²) in [5.41, 5.74) is 0. The van der Waals surface area contributed by atoms with E-state index in [1.54, 1.807) is 11.3 Å². The first-order chi connectivity index (χ1) is 4.34. The van der Waals surface area contributed by atoms with Crippen molar-refractivity contribution in [3.8, 4) is 0 Å². The lowest BCUT2D eigenvalue weighted by Gasteiger charge is -2.02. The Morgan fingerprint density at radius 3 is 3.00 bits per heavy atom. The van der Waals surface area contributed by atoms with E-state index >= 15 is 0 Å². The second-order valence-electron chi connectivity index (χ2n) is 2.26. The molecule has 1 rings (SSSR count). The van der Waals surface area contributed by atoms with E-state index in [0.29, 0.717) is 0 Å². The lowest BCUT2D eigenvalue weighted by molar-refractivity contribution is 0.748. The summed E-state index contributed by atoms with van der Waals surface area (Å²) in [6, 6.07) is 4.14. The summed E-state index contributed by atoms with van der Waals surface area (Å²) in [5, 5.41) is 3.09. The first-order valence-electron chi connectivity index (χ1n) is 3.30. The van der Waals surface area contributed by atoms with E-state index < -0.39 is 0 Å². The van der Waals surface area contributed by atoms with E-state index in [1.165, 1.54) is 11.3 Å². The molecule has 1 heterocycles. The Morgan fingerprint density at radius 1 is 1.78 bits per heavy atom. The first kappa shape index (κ1) is 6.81. The molecule has 1 heteroatoms. The molecule has 0 fully saturated rings. The minimum Gasteiger partial charge on any atom is -0.139 e. The van der Waals surface area contributed by atoms with Crippen molar-refractivity contribution in [2.75, 3.05) is 0 Å². The van der Waals surface area contributed by atoms with Gasteiger partial charge >= 0.3 is 0 Å². The number of thiophene rings is 1. The molecule has 0 bridgehead atoms. The Morgan fingerprint density at radius 2 is 2.56 bits per heavy atom. The quantitative estimate of drug-likeness (QED) is 0.590. The molecule has 0 aliphatic rings. The van der Waals surface area contributed by atoms with Gasteiger partial charge < -0.3 is 0 Å². The third-order valence-corrected chi connectivity index (χ3v) is 2.62. The fourth-order valence-electron chi connectivity index (χ4n) is 0.718. The molecule has 0 spiro atoms. The molecule has 0 N–H and O–H groups in total. The predicted octanol–water partition coefficient (Wildman–Crippen LogP) is 3.06. The SMILES string of the molecule is CCC(C)c1cc[c]s1. The minimum absolute atomic E-state index is 0.723. The van der Waals surface area contributed by atoms with Gasteiger partial charge in [-0.05, 0) is 24.5 Å². The van der Waals surface area contributed by atoms with Crippen LogP contribution in [0.1, 0.15) is 31.1 Å². The van der Waals surface area contributed by atoms with Gasteiger partial charge in [0.15, 0.2) is 0 Å². The lowest BCUT2D eigenvalue weighted by atomic mass is 10.1. The van der Waals surface area contributed by atoms with E-state index in [0.717, 1.165) is 5.92 Å². The second kappa shape index (κ2) is 3.02. The van der Waals surface area contributed by atoms with Gasteiger partial charge in [0.2, 0.25) is 0 Å². The van der Waals surface area contributed by atoms with Crippen LogP contribution in [0.4, 0.5) is 0 Å². The first-order valence-corrected chi connectivity index (χ1v) is 4.12. The predicted molar refractivity (Wildman–Crippen MR) is 41.9 cm³/mol. The van der Waals surface area contributed by atoms with Crippen molar-refractivity contribution >= 4 is 11.3 Å². The van der Waals surface area contributed by atoms with Gasteiger partial charge in [-0.15, -0.1) is 11.3 Å². The fourth-order valence-corrected chi connectivity index (χ4v) is 1.49. The highest BCUT2D eigenvalue weighted by molar-refractivity contribution is 7.09. The molecule has 1 aromatic rings. The van der Waals surface area contributed by atoms with Crippen LogP contribution < -0.4 is 0 Å². The summed E-state index contributed by atoms with van der Waals surface area (Å²) < 4.78 is 0. The van der Waals surface area contributed by atoms with Crippen LogP contribution in [-0.2, 0) is 0 Å². The van der Waals surface area contributed by atoms with Crippen LogP contribution in [0, 0.1) is 5.38 Å². The van der Waals surface area contributed by atoms with Gasteiger partial charge in [0.1, 0.15) is 0 Å². The topological polar surface area (TPSA) is 0 Å². The van der Waals surface area contributed by atoms with Crippen molar-refractivity contribution in [1.82, 2.24) is 0 Å². The van der Waals surface area contributed by atoms with Crippen molar-refractivity contribution in [3.63, 3.8) is 0 Å². The normalized spacial score (nSPS) is 13.6. The van der Waals surface area contributed by atoms with Gasteiger partial charge in [-0.2, -0.15) is 0 Å². The van der Waals surface area contributed by atoms with Crippen molar-refractivity contribution < 1.29 is 0 Å². The molecule has 0 amide bonds. The van der Waals surface area contributed by atoms with Crippen LogP contribution in [0.2, 0.25) is 0 Å². The van der Waals surface area contributed by atoms with Gasteiger partial charge in [-0.3, -0.25) is 0 Å². The third-order valence-electron chi connectivity index (χ3n) is 1.59. The number of rotatable bonds is 2. The van der Waals surface area contributed by atoms with E-state index in [1.807, 2.05) is 6.07 Å². The molecule has 0 nitrogen and oxygen atoms in total. The molecule has 1 aromatic heterocycles. The molecule has 1 radical (unpaired) electrons. The molecule has 0 aromatic carbocycles. The molecule has 1 unspecified atom stereocenters. The van der Waals surface area contributed by atoms with Gasteiger partial charge in [0, 0.05) is 10.3 Å². The van der Waals surface area contributed by atoms with Crippen LogP contribution >= 0.6 is 11.3 Å². The van der Waals surface area contributed by atoms with E-state index in [9.17, 15) is 0 Å². The van der Waals surface area contributed by atoms with E-state index in [2.05, 4.69) is 25.3 Å². The number of hydrogen-bond donors (Lipinski definition) is 0. The largest absolute Gasteiger partial charge is 0.139 e. The summed E-state index contributed by atoms with van der Waals surface area (Å²) in [7, 11) is 0. The highest BCUT2D eigenvalue weighted by Gasteiger charge is 2.01. The molecule has 0 aliphatic carbocycles. The van der Waals surface area contributed by atoms with Crippen LogP contribution in [0.25, 0.3) is 0 Å². The summed E-state index contributed by atoms with van der Waals surface area (Å²) in [6.45, 7) is 4.46. The van der Waals surface area contributed by atoms with Gasteiger partial charge in [0.05, 0.1) is 0 Å².